The van der Waals surface area contributed by atoms with Crippen molar-refractivity contribution in [3.8, 4) is 0 Å². The molecule has 0 aromatic heterocycles. The fourth-order valence-corrected chi connectivity index (χ4v) is 2.39. The first-order valence-electron chi connectivity index (χ1n) is 5.76. The van der Waals surface area contributed by atoms with Crippen molar-refractivity contribution >= 4 is 27.6 Å². The van der Waals surface area contributed by atoms with Crippen molar-refractivity contribution < 1.29 is 14.0 Å². The Kier molecular flexibility index (Phi) is 3.80. The Hall–Kier alpha value is -1.23. The highest BCUT2D eigenvalue weighted by atomic mass is 79.9. The van der Waals surface area contributed by atoms with Crippen LogP contribution in [-0.2, 0) is 4.79 Å². The van der Waals surface area contributed by atoms with E-state index in [1.807, 2.05) is 0 Å². The maximum Gasteiger partial charge on any atom is 0.256 e. The van der Waals surface area contributed by atoms with Crippen LogP contribution in [0, 0.1) is 11.7 Å². The maximum absolute atomic E-state index is 13.6. The van der Waals surface area contributed by atoms with Crippen LogP contribution in [0.1, 0.15) is 23.7 Å². The molecule has 3 nitrogen and oxygen atoms in total. The van der Waals surface area contributed by atoms with Crippen molar-refractivity contribution in [2.75, 3.05) is 13.1 Å². The largest absolute Gasteiger partial charge is 0.337 e. The van der Waals surface area contributed by atoms with Crippen LogP contribution < -0.4 is 0 Å². The van der Waals surface area contributed by atoms with Crippen LogP contribution in [0.2, 0.25) is 0 Å². The molecule has 18 heavy (non-hydrogen) atoms. The number of carbonyl (C=O) groups excluding carboxylic acids is 2. The van der Waals surface area contributed by atoms with Gasteiger partial charge in [0.15, 0.2) is 0 Å². The minimum atomic E-state index is -0.534. The fraction of sp³-hybridized carbons (Fsp3) is 0.385. The number of rotatable bonds is 1. The summed E-state index contributed by atoms with van der Waals surface area (Å²) < 4.78 is 14.3. The van der Waals surface area contributed by atoms with Crippen LogP contribution in [0.4, 0.5) is 4.39 Å². The van der Waals surface area contributed by atoms with Gasteiger partial charge in [-0.05, 0) is 18.2 Å². The summed E-state index contributed by atoms with van der Waals surface area (Å²) in [5.41, 5.74) is 0.0472. The zero-order chi connectivity index (χ0) is 13.3. The summed E-state index contributed by atoms with van der Waals surface area (Å²) in [6, 6.07) is 4.28. The fourth-order valence-electron chi connectivity index (χ4n) is 2.03. The van der Waals surface area contributed by atoms with E-state index in [-0.39, 0.29) is 23.2 Å². The molecule has 5 heteroatoms. The van der Waals surface area contributed by atoms with Crippen LogP contribution in [0.15, 0.2) is 22.7 Å². The molecule has 1 fully saturated rings. The van der Waals surface area contributed by atoms with Gasteiger partial charge in [-0.15, -0.1) is 0 Å². The normalized spacial score (nSPS) is 20.1. The number of ketones is 1. The SMILES string of the molecule is CC1CN(C(=O)c2cc(Br)ccc2F)CCC1=O. The third-order valence-electron chi connectivity index (χ3n) is 3.12. The van der Waals surface area contributed by atoms with E-state index in [4.69, 9.17) is 0 Å². The molecule has 0 bridgehead atoms. The Balaban J connectivity index is 2.21. The number of Topliss-reactive ketones (excluding diaryl/α,β-unsaturated/α-hetero) is 1. The third-order valence-corrected chi connectivity index (χ3v) is 3.61. The van der Waals surface area contributed by atoms with Gasteiger partial charge >= 0.3 is 0 Å². The highest BCUT2D eigenvalue weighted by Crippen LogP contribution is 2.20. The molecule has 1 unspecified atom stereocenters. The second-order valence-electron chi connectivity index (χ2n) is 4.49. The number of hydrogen-bond acceptors (Lipinski definition) is 2. The van der Waals surface area contributed by atoms with E-state index in [9.17, 15) is 14.0 Å². The number of amides is 1. The van der Waals surface area contributed by atoms with Crippen molar-refractivity contribution in [3.63, 3.8) is 0 Å². The molecule has 2 rings (SSSR count). The Morgan fingerprint density at radius 3 is 2.89 bits per heavy atom. The van der Waals surface area contributed by atoms with Gasteiger partial charge in [-0.2, -0.15) is 0 Å². The lowest BCUT2D eigenvalue weighted by Gasteiger charge is -2.30. The first kappa shape index (κ1) is 13.2. The summed E-state index contributed by atoms with van der Waals surface area (Å²) >= 11 is 3.22. The highest BCUT2D eigenvalue weighted by Gasteiger charge is 2.28. The minimum Gasteiger partial charge on any atom is -0.337 e. The van der Waals surface area contributed by atoms with Gasteiger partial charge in [0.05, 0.1) is 5.56 Å². The van der Waals surface area contributed by atoms with Gasteiger partial charge in [0.1, 0.15) is 11.6 Å². The van der Waals surface area contributed by atoms with E-state index < -0.39 is 5.82 Å². The van der Waals surface area contributed by atoms with Gasteiger partial charge < -0.3 is 4.90 Å². The van der Waals surface area contributed by atoms with E-state index in [1.165, 1.54) is 17.0 Å². The molecule has 1 saturated heterocycles. The van der Waals surface area contributed by atoms with E-state index in [2.05, 4.69) is 15.9 Å². The standard InChI is InChI=1S/C13H13BrFNO2/c1-8-7-16(5-4-12(8)17)13(18)10-6-9(14)2-3-11(10)15/h2-3,6,8H,4-5,7H2,1H3. The highest BCUT2D eigenvalue weighted by molar-refractivity contribution is 9.10. The van der Waals surface area contributed by atoms with Crippen molar-refractivity contribution in [1.82, 2.24) is 4.90 Å². The molecule has 96 valence electrons. The average molecular weight is 314 g/mol. The van der Waals surface area contributed by atoms with Crippen molar-refractivity contribution in [1.29, 1.82) is 0 Å². The van der Waals surface area contributed by atoms with Crippen molar-refractivity contribution in [2.45, 2.75) is 13.3 Å². The number of halogens is 2. The summed E-state index contributed by atoms with van der Waals surface area (Å²) in [6.45, 7) is 2.52. The molecule has 0 radical (unpaired) electrons. The molecular weight excluding hydrogens is 301 g/mol. The molecule has 1 aliphatic heterocycles. The van der Waals surface area contributed by atoms with Gasteiger partial charge in [-0.1, -0.05) is 22.9 Å². The van der Waals surface area contributed by atoms with Gasteiger partial charge in [-0.25, -0.2) is 4.39 Å². The number of piperidine rings is 1. The molecule has 0 aliphatic carbocycles. The lowest BCUT2D eigenvalue weighted by Crippen LogP contribution is -2.43. The Labute approximate surface area is 113 Å². The molecule has 0 saturated carbocycles. The first-order valence-corrected chi connectivity index (χ1v) is 6.55. The summed E-state index contributed by atoms with van der Waals surface area (Å²) in [6.07, 6.45) is 0.350. The summed E-state index contributed by atoms with van der Waals surface area (Å²) in [5, 5.41) is 0. The van der Waals surface area contributed by atoms with Crippen LogP contribution in [0.3, 0.4) is 0 Å². The van der Waals surface area contributed by atoms with Gasteiger partial charge in [0.25, 0.3) is 5.91 Å². The van der Waals surface area contributed by atoms with Crippen LogP contribution in [-0.4, -0.2) is 29.7 Å². The van der Waals surface area contributed by atoms with E-state index in [0.717, 1.165) is 0 Å². The number of carbonyl (C=O) groups is 2. The lowest BCUT2D eigenvalue weighted by molar-refractivity contribution is -0.124. The van der Waals surface area contributed by atoms with E-state index in [1.54, 1.807) is 13.0 Å². The lowest BCUT2D eigenvalue weighted by atomic mass is 9.98. The van der Waals surface area contributed by atoms with Crippen LogP contribution >= 0.6 is 15.9 Å². The van der Waals surface area contributed by atoms with Crippen molar-refractivity contribution in [3.05, 3.63) is 34.1 Å². The zero-order valence-electron chi connectivity index (χ0n) is 9.95. The zero-order valence-corrected chi connectivity index (χ0v) is 11.5. The minimum absolute atomic E-state index is 0.0472. The molecule has 1 aromatic rings. The second kappa shape index (κ2) is 5.18. The van der Waals surface area contributed by atoms with Crippen molar-refractivity contribution in [2.24, 2.45) is 5.92 Å². The van der Waals surface area contributed by atoms with Gasteiger partial charge in [0.2, 0.25) is 0 Å². The molecule has 1 aliphatic rings. The molecule has 1 atom stereocenters. The number of likely N-dealkylation sites (tertiary alicyclic amines) is 1. The Morgan fingerprint density at radius 2 is 2.22 bits per heavy atom. The summed E-state index contributed by atoms with van der Waals surface area (Å²) in [5.74, 6) is -0.896. The molecule has 0 N–H and O–H groups in total. The average Bonchev–Trinajstić information content (AvgIpc) is 2.35. The molecule has 1 aromatic carbocycles. The first-order chi connectivity index (χ1) is 8.49. The molecule has 1 amide bonds. The topological polar surface area (TPSA) is 37.4 Å². The summed E-state index contributed by atoms with van der Waals surface area (Å²) in [7, 11) is 0. The number of hydrogen-bond donors (Lipinski definition) is 0. The monoisotopic (exact) mass is 313 g/mol. The Morgan fingerprint density at radius 1 is 1.50 bits per heavy atom. The van der Waals surface area contributed by atoms with E-state index in [0.29, 0.717) is 24.0 Å². The van der Waals surface area contributed by atoms with E-state index >= 15 is 0 Å². The third kappa shape index (κ3) is 2.61. The number of benzene rings is 1. The van der Waals surface area contributed by atoms with Gasteiger partial charge in [0, 0.05) is 29.9 Å². The molecular formula is C13H13BrFNO2. The summed E-state index contributed by atoms with van der Waals surface area (Å²) in [4.78, 5) is 25.1. The number of nitrogens with zero attached hydrogens (tertiary/aromatic N) is 1. The molecule has 0 spiro atoms. The van der Waals surface area contributed by atoms with Crippen LogP contribution in [0.25, 0.3) is 0 Å². The Bertz CT molecular complexity index is 504. The second-order valence-corrected chi connectivity index (χ2v) is 5.41. The predicted molar refractivity (Wildman–Crippen MR) is 68.8 cm³/mol. The molecule has 1 heterocycles. The van der Waals surface area contributed by atoms with Crippen LogP contribution in [0.5, 0.6) is 0 Å². The maximum atomic E-state index is 13.6. The quantitative estimate of drug-likeness (QED) is 0.799. The predicted octanol–water partition coefficient (Wildman–Crippen LogP) is 2.64. The smallest absolute Gasteiger partial charge is 0.256 e. The van der Waals surface area contributed by atoms with Gasteiger partial charge in [-0.3, -0.25) is 9.59 Å².